The highest BCUT2D eigenvalue weighted by Gasteiger charge is 2.16. The summed E-state index contributed by atoms with van der Waals surface area (Å²) in [7, 11) is 0. The lowest BCUT2D eigenvalue weighted by atomic mass is 10.0. The Kier molecular flexibility index (Phi) is 5.83. The predicted octanol–water partition coefficient (Wildman–Crippen LogP) is 3.61. The lowest BCUT2D eigenvalue weighted by Crippen LogP contribution is -2.25. The van der Waals surface area contributed by atoms with Gasteiger partial charge in [0, 0.05) is 29.6 Å². The van der Waals surface area contributed by atoms with Crippen molar-refractivity contribution in [3.63, 3.8) is 0 Å². The lowest BCUT2D eigenvalue weighted by Gasteiger charge is -2.03. The molecule has 1 aromatic carbocycles. The van der Waals surface area contributed by atoms with Gasteiger partial charge in [0.2, 0.25) is 11.0 Å². The van der Waals surface area contributed by atoms with E-state index in [0.717, 1.165) is 35.1 Å². The zero-order valence-corrected chi connectivity index (χ0v) is 16.3. The Morgan fingerprint density at radius 2 is 2.00 bits per heavy atom. The summed E-state index contributed by atoms with van der Waals surface area (Å²) in [4.78, 5) is 16.5. The quantitative estimate of drug-likeness (QED) is 0.693. The first-order valence-corrected chi connectivity index (χ1v) is 9.77. The lowest BCUT2D eigenvalue weighted by molar-refractivity contribution is -0.120. The number of aromatic nitrogens is 3. The standard InChI is InChI=1S/C20H24N4OS/c1-4-10-21-19(25)12-17-13-26-20(22-17)24-15(3)18(14(2)23-24)11-16-8-6-5-7-9-16/h5-9,13H,4,10-12H2,1-3H3,(H,21,25). The maximum absolute atomic E-state index is 11.9. The third kappa shape index (κ3) is 4.19. The van der Waals surface area contributed by atoms with Crippen molar-refractivity contribution < 1.29 is 4.79 Å². The zero-order valence-electron chi connectivity index (χ0n) is 15.5. The van der Waals surface area contributed by atoms with Crippen molar-refractivity contribution in [3.8, 4) is 5.13 Å². The van der Waals surface area contributed by atoms with Crippen LogP contribution in [0.3, 0.4) is 0 Å². The second-order valence-electron chi connectivity index (χ2n) is 6.37. The number of rotatable bonds is 7. The van der Waals surface area contributed by atoms with Crippen LogP contribution in [0.5, 0.6) is 0 Å². The maximum atomic E-state index is 11.9. The zero-order chi connectivity index (χ0) is 18.5. The Balaban J connectivity index is 1.78. The van der Waals surface area contributed by atoms with Crippen LogP contribution in [0.25, 0.3) is 5.13 Å². The van der Waals surface area contributed by atoms with Crippen molar-refractivity contribution in [2.45, 2.75) is 40.0 Å². The molecule has 5 nitrogen and oxygen atoms in total. The van der Waals surface area contributed by atoms with Gasteiger partial charge in [-0.1, -0.05) is 37.3 Å². The maximum Gasteiger partial charge on any atom is 0.226 e. The Bertz CT molecular complexity index is 883. The summed E-state index contributed by atoms with van der Waals surface area (Å²) in [6, 6.07) is 10.4. The van der Waals surface area contributed by atoms with Gasteiger partial charge in [0.15, 0.2) is 0 Å². The molecule has 1 amide bonds. The van der Waals surface area contributed by atoms with Gasteiger partial charge >= 0.3 is 0 Å². The molecule has 0 spiro atoms. The van der Waals surface area contributed by atoms with E-state index >= 15 is 0 Å². The summed E-state index contributed by atoms with van der Waals surface area (Å²) in [5.41, 5.74) is 5.40. The Hall–Kier alpha value is -2.47. The Labute approximate surface area is 158 Å². The highest BCUT2D eigenvalue weighted by molar-refractivity contribution is 7.12. The number of carbonyl (C=O) groups is 1. The molecule has 2 aromatic heterocycles. The fourth-order valence-corrected chi connectivity index (χ4v) is 3.71. The van der Waals surface area contributed by atoms with Crippen molar-refractivity contribution in [3.05, 3.63) is 63.9 Å². The summed E-state index contributed by atoms with van der Waals surface area (Å²) < 4.78 is 1.89. The van der Waals surface area contributed by atoms with Crippen LogP contribution >= 0.6 is 11.3 Å². The fraction of sp³-hybridized carbons (Fsp3) is 0.350. The Morgan fingerprint density at radius 1 is 1.23 bits per heavy atom. The second-order valence-corrected chi connectivity index (χ2v) is 7.21. The van der Waals surface area contributed by atoms with Gasteiger partial charge in [-0.05, 0) is 25.8 Å². The normalized spacial score (nSPS) is 10.9. The van der Waals surface area contributed by atoms with E-state index in [1.54, 1.807) is 0 Å². The van der Waals surface area contributed by atoms with Gasteiger partial charge in [0.25, 0.3) is 0 Å². The number of benzene rings is 1. The molecule has 0 aliphatic rings. The van der Waals surface area contributed by atoms with Crippen LogP contribution < -0.4 is 5.32 Å². The van der Waals surface area contributed by atoms with Gasteiger partial charge in [-0.15, -0.1) is 11.3 Å². The average molecular weight is 369 g/mol. The third-order valence-electron chi connectivity index (χ3n) is 4.30. The van der Waals surface area contributed by atoms with Crippen LogP contribution in [-0.4, -0.2) is 27.2 Å². The fourth-order valence-electron chi connectivity index (χ4n) is 2.88. The van der Waals surface area contributed by atoms with Crippen LogP contribution in [-0.2, 0) is 17.6 Å². The van der Waals surface area contributed by atoms with E-state index in [9.17, 15) is 4.79 Å². The molecule has 0 aliphatic carbocycles. The molecule has 0 radical (unpaired) electrons. The van der Waals surface area contributed by atoms with Gasteiger partial charge < -0.3 is 5.32 Å². The van der Waals surface area contributed by atoms with Crippen molar-refractivity contribution >= 4 is 17.2 Å². The molecule has 0 aliphatic heterocycles. The monoisotopic (exact) mass is 368 g/mol. The molecule has 2 heterocycles. The number of thiazole rings is 1. The summed E-state index contributed by atoms with van der Waals surface area (Å²) >= 11 is 1.52. The molecular formula is C20H24N4OS. The second kappa shape index (κ2) is 8.27. The van der Waals surface area contributed by atoms with Gasteiger partial charge in [-0.3, -0.25) is 4.79 Å². The van der Waals surface area contributed by atoms with E-state index < -0.39 is 0 Å². The molecular weight excluding hydrogens is 344 g/mol. The van der Waals surface area contributed by atoms with E-state index in [2.05, 4.69) is 46.6 Å². The van der Waals surface area contributed by atoms with Crippen molar-refractivity contribution in [1.82, 2.24) is 20.1 Å². The number of amides is 1. The largest absolute Gasteiger partial charge is 0.356 e. The number of nitrogens with one attached hydrogen (secondary N) is 1. The first-order valence-electron chi connectivity index (χ1n) is 8.89. The minimum absolute atomic E-state index is 0.0156. The molecule has 0 bridgehead atoms. The molecule has 0 unspecified atom stereocenters. The first kappa shape index (κ1) is 18.3. The van der Waals surface area contributed by atoms with Crippen LogP contribution in [0.1, 0.15) is 41.6 Å². The van der Waals surface area contributed by atoms with Crippen molar-refractivity contribution in [2.75, 3.05) is 6.54 Å². The van der Waals surface area contributed by atoms with E-state index in [4.69, 9.17) is 0 Å². The molecule has 3 aromatic rings. The Morgan fingerprint density at radius 3 is 2.73 bits per heavy atom. The summed E-state index contributed by atoms with van der Waals surface area (Å²) in [6.45, 7) is 6.86. The summed E-state index contributed by atoms with van der Waals surface area (Å²) in [6.07, 6.45) is 2.10. The number of hydrogen-bond donors (Lipinski definition) is 1. The van der Waals surface area contributed by atoms with Gasteiger partial charge in [0.05, 0.1) is 17.8 Å². The SMILES string of the molecule is CCCNC(=O)Cc1csc(-n2nc(C)c(Cc3ccccc3)c2C)n1. The molecule has 1 N–H and O–H groups in total. The summed E-state index contributed by atoms with van der Waals surface area (Å²) in [5, 5.41) is 10.3. The number of aryl methyl sites for hydroxylation is 1. The predicted molar refractivity (Wildman–Crippen MR) is 105 cm³/mol. The topological polar surface area (TPSA) is 59.8 Å². The number of hydrogen-bond acceptors (Lipinski definition) is 4. The molecule has 3 rings (SSSR count). The van der Waals surface area contributed by atoms with Crippen molar-refractivity contribution in [2.24, 2.45) is 0 Å². The molecule has 0 saturated carbocycles. The van der Waals surface area contributed by atoms with Crippen LogP contribution in [0.2, 0.25) is 0 Å². The van der Waals surface area contributed by atoms with E-state index in [1.165, 1.54) is 22.5 Å². The highest BCUT2D eigenvalue weighted by Crippen LogP contribution is 2.23. The third-order valence-corrected chi connectivity index (χ3v) is 5.16. The number of nitrogens with zero attached hydrogens (tertiary/aromatic N) is 3. The van der Waals surface area contributed by atoms with Gasteiger partial charge in [0.1, 0.15) is 0 Å². The van der Waals surface area contributed by atoms with E-state index in [0.29, 0.717) is 13.0 Å². The molecule has 0 saturated heterocycles. The van der Waals surface area contributed by atoms with Crippen LogP contribution in [0.4, 0.5) is 0 Å². The minimum atomic E-state index is 0.0156. The van der Waals surface area contributed by atoms with E-state index in [1.807, 2.05) is 30.0 Å². The molecule has 26 heavy (non-hydrogen) atoms. The van der Waals surface area contributed by atoms with Crippen LogP contribution in [0.15, 0.2) is 35.7 Å². The molecule has 136 valence electrons. The average Bonchev–Trinajstić information content (AvgIpc) is 3.20. The van der Waals surface area contributed by atoms with Gasteiger partial charge in [-0.2, -0.15) is 5.10 Å². The highest BCUT2D eigenvalue weighted by atomic mass is 32.1. The van der Waals surface area contributed by atoms with Crippen molar-refractivity contribution in [1.29, 1.82) is 0 Å². The molecule has 6 heteroatoms. The first-order chi connectivity index (χ1) is 12.6. The van der Waals surface area contributed by atoms with E-state index in [-0.39, 0.29) is 5.91 Å². The minimum Gasteiger partial charge on any atom is -0.356 e. The molecule has 0 fully saturated rings. The smallest absolute Gasteiger partial charge is 0.226 e. The molecule has 0 atom stereocenters. The summed E-state index contributed by atoms with van der Waals surface area (Å²) in [5.74, 6) is 0.0156. The number of carbonyl (C=O) groups excluding carboxylic acids is 1. The van der Waals surface area contributed by atoms with Gasteiger partial charge in [-0.25, -0.2) is 9.67 Å². The van der Waals surface area contributed by atoms with Crippen LogP contribution in [0, 0.1) is 13.8 Å².